The van der Waals surface area contributed by atoms with Gasteiger partial charge in [0.1, 0.15) is 5.75 Å². The molecule has 26 heavy (non-hydrogen) atoms. The Bertz CT molecular complexity index is 803. The SMILES string of the molecule is Cc1ccccc1CN(C)C(=O)COc1cccc(N2CCCC2=O)c1. The van der Waals surface area contributed by atoms with E-state index in [4.69, 9.17) is 4.74 Å². The number of aryl methyl sites for hydroxylation is 1. The smallest absolute Gasteiger partial charge is 0.260 e. The average molecular weight is 352 g/mol. The first-order valence-corrected chi connectivity index (χ1v) is 8.86. The Hall–Kier alpha value is -2.82. The van der Waals surface area contributed by atoms with E-state index in [2.05, 4.69) is 0 Å². The molecule has 0 saturated carbocycles. The molecule has 2 amide bonds. The summed E-state index contributed by atoms with van der Waals surface area (Å²) in [5.74, 6) is 0.645. The molecule has 2 aromatic rings. The van der Waals surface area contributed by atoms with Crippen molar-refractivity contribution < 1.29 is 14.3 Å². The standard InChI is InChI=1S/C21H24N2O3/c1-16-7-3-4-8-17(16)14-22(2)21(25)15-26-19-10-5-9-18(13-19)23-12-6-11-20(23)24/h3-5,7-10,13H,6,11-12,14-15H2,1-2H3. The van der Waals surface area contributed by atoms with Crippen LogP contribution in [-0.4, -0.2) is 36.9 Å². The Morgan fingerprint density at radius 2 is 2.00 bits per heavy atom. The van der Waals surface area contributed by atoms with Gasteiger partial charge in [0.25, 0.3) is 5.91 Å². The summed E-state index contributed by atoms with van der Waals surface area (Å²) in [6.45, 7) is 3.30. The summed E-state index contributed by atoms with van der Waals surface area (Å²) in [6.07, 6.45) is 1.47. The van der Waals surface area contributed by atoms with Crippen LogP contribution < -0.4 is 9.64 Å². The molecule has 0 unspecified atom stereocenters. The molecule has 3 rings (SSSR count). The molecule has 1 heterocycles. The lowest BCUT2D eigenvalue weighted by molar-refractivity contribution is -0.132. The predicted molar refractivity (Wildman–Crippen MR) is 101 cm³/mol. The summed E-state index contributed by atoms with van der Waals surface area (Å²) in [4.78, 5) is 27.7. The number of hydrogen-bond acceptors (Lipinski definition) is 3. The molecule has 0 bridgehead atoms. The maximum atomic E-state index is 12.4. The summed E-state index contributed by atoms with van der Waals surface area (Å²) >= 11 is 0. The average Bonchev–Trinajstić information content (AvgIpc) is 3.08. The molecular weight excluding hydrogens is 328 g/mol. The summed E-state index contributed by atoms with van der Waals surface area (Å²) in [7, 11) is 1.78. The summed E-state index contributed by atoms with van der Waals surface area (Å²) in [6, 6.07) is 15.4. The molecule has 5 nitrogen and oxygen atoms in total. The predicted octanol–water partition coefficient (Wildman–Crippen LogP) is 3.16. The number of ether oxygens (including phenoxy) is 1. The Kier molecular flexibility index (Phi) is 5.56. The fourth-order valence-electron chi connectivity index (χ4n) is 3.05. The molecule has 1 aliphatic rings. The van der Waals surface area contributed by atoms with Gasteiger partial charge in [0.15, 0.2) is 6.61 Å². The highest BCUT2D eigenvalue weighted by atomic mass is 16.5. The van der Waals surface area contributed by atoms with Crippen molar-refractivity contribution in [3.8, 4) is 5.75 Å². The number of anilines is 1. The van der Waals surface area contributed by atoms with Crippen LogP contribution in [0.25, 0.3) is 0 Å². The van der Waals surface area contributed by atoms with Gasteiger partial charge in [-0.05, 0) is 36.6 Å². The number of benzene rings is 2. The van der Waals surface area contributed by atoms with Crippen molar-refractivity contribution in [1.82, 2.24) is 4.90 Å². The van der Waals surface area contributed by atoms with Crippen LogP contribution in [0, 0.1) is 6.92 Å². The third kappa shape index (κ3) is 4.23. The Labute approximate surface area is 154 Å². The zero-order chi connectivity index (χ0) is 18.5. The molecular formula is C21H24N2O3. The van der Waals surface area contributed by atoms with Gasteiger partial charge in [-0.1, -0.05) is 30.3 Å². The van der Waals surface area contributed by atoms with E-state index < -0.39 is 0 Å². The van der Waals surface area contributed by atoms with E-state index >= 15 is 0 Å². The molecule has 136 valence electrons. The zero-order valence-corrected chi connectivity index (χ0v) is 15.3. The second-order valence-corrected chi connectivity index (χ2v) is 6.61. The van der Waals surface area contributed by atoms with Crippen molar-refractivity contribution in [1.29, 1.82) is 0 Å². The summed E-state index contributed by atoms with van der Waals surface area (Å²) in [5.41, 5.74) is 3.11. The molecule has 2 aromatic carbocycles. The van der Waals surface area contributed by atoms with Gasteiger partial charge in [0.05, 0.1) is 0 Å². The van der Waals surface area contributed by atoms with Crippen molar-refractivity contribution in [2.24, 2.45) is 0 Å². The van der Waals surface area contributed by atoms with E-state index in [9.17, 15) is 9.59 Å². The maximum absolute atomic E-state index is 12.4. The van der Waals surface area contributed by atoms with Gasteiger partial charge in [-0.2, -0.15) is 0 Å². The minimum atomic E-state index is -0.0871. The normalized spacial score (nSPS) is 13.8. The first-order valence-electron chi connectivity index (χ1n) is 8.86. The van der Waals surface area contributed by atoms with Crippen molar-refractivity contribution in [3.63, 3.8) is 0 Å². The lowest BCUT2D eigenvalue weighted by atomic mass is 10.1. The molecule has 0 spiro atoms. The molecule has 0 N–H and O–H groups in total. The molecule has 1 saturated heterocycles. The first-order chi connectivity index (χ1) is 12.5. The van der Waals surface area contributed by atoms with Crippen LogP contribution in [0.4, 0.5) is 5.69 Å². The maximum Gasteiger partial charge on any atom is 0.260 e. The second kappa shape index (κ2) is 8.04. The second-order valence-electron chi connectivity index (χ2n) is 6.61. The number of hydrogen-bond donors (Lipinski definition) is 0. The van der Waals surface area contributed by atoms with Crippen molar-refractivity contribution >= 4 is 17.5 Å². The van der Waals surface area contributed by atoms with Crippen molar-refractivity contribution in [2.45, 2.75) is 26.3 Å². The number of nitrogens with zero attached hydrogens (tertiary/aromatic N) is 2. The van der Waals surface area contributed by atoms with Crippen LogP contribution >= 0.6 is 0 Å². The monoisotopic (exact) mass is 352 g/mol. The van der Waals surface area contributed by atoms with E-state index in [0.29, 0.717) is 18.7 Å². The van der Waals surface area contributed by atoms with Gasteiger partial charge in [-0.3, -0.25) is 9.59 Å². The third-order valence-corrected chi connectivity index (χ3v) is 4.66. The lowest BCUT2D eigenvalue weighted by Gasteiger charge is -2.19. The minimum absolute atomic E-state index is 0.0280. The van der Waals surface area contributed by atoms with E-state index in [1.165, 1.54) is 0 Å². The topological polar surface area (TPSA) is 49.9 Å². The first kappa shape index (κ1) is 18.0. The fourth-order valence-corrected chi connectivity index (χ4v) is 3.05. The number of amides is 2. The zero-order valence-electron chi connectivity index (χ0n) is 15.3. The molecule has 5 heteroatoms. The van der Waals surface area contributed by atoms with Gasteiger partial charge in [0.2, 0.25) is 5.91 Å². The summed E-state index contributed by atoms with van der Waals surface area (Å²) in [5, 5.41) is 0. The molecule has 0 aromatic heterocycles. The van der Waals surface area contributed by atoms with Gasteiger partial charge < -0.3 is 14.5 Å². The quantitative estimate of drug-likeness (QED) is 0.802. The van der Waals surface area contributed by atoms with Crippen molar-refractivity contribution in [2.75, 3.05) is 25.1 Å². The van der Waals surface area contributed by atoms with Crippen LogP contribution in [0.5, 0.6) is 5.75 Å². The highest BCUT2D eigenvalue weighted by molar-refractivity contribution is 5.95. The Morgan fingerprint density at radius 1 is 1.19 bits per heavy atom. The van der Waals surface area contributed by atoms with Gasteiger partial charge >= 0.3 is 0 Å². The van der Waals surface area contributed by atoms with Crippen molar-refractivity contribution in [3.05, 3.63) is 59.7 Å². The number of likely N-dealkylation sites (N-methyl/N-ethyl adjacent to an activating group) is 1. The van der Waals surface area contributed by atoms with Gasteiger partial charge in [0, 0.05) is 38.3 Å². The third-order valence-electron chi connectivity index (χ3n) is 4.66. The molecule has 1 aliphatic heterocycles. The van der Waals surface area contributed by atoms with Gasteiger partial charge in [-0.15, -0.1) is 0 Å². The lowest BCUT2D eigenvalue weighted by Crippen LogP contribution is -2.31. The van der Waals surface area contributed by atoms with E-state index in [1.54, 1.807) is 22.9 Å². The molecule has 1 fully saturated rings. The van der Waals surface area contributed by atoms with E-state index in [1.807, 2.05) is 49.4 Å². The van der Waals surface area contributed by atoms with Crippen LogP contribution in [0.3, 0.4) is 0 Å². The Morgan fingerprint density at radius 3 is 2.73 bits per heavy atom. The van der Waals surface area contributed by atoms with Crippen LogP contribution in [0.1, 0.15) is 24.0 Å². The summed E-state index contributed by atoms with van der Waals surface area (Å²) < 4.78 is 5.66. The molecule has 0 atom stereocenters. The Balaban J connectivity index is 1.57. The largest absolute Gasteiger partial charge is 0.484 e. The van der Waals surface area contributed by atoms with Crippen LogP contribution in [0.15, 0.2) is 48.5 Å². The molecule has 0 radical (unpaired) electrons. The highest BCUT2D eigenvalue weighted by Gasteiger charge is 2.22. The van der Waals surface area contributed by atoms with Crippen LogP contribution in [-0.2, 0) is 16.1 Å². The fraction of sp³-hybridized carbons (Fsp3) is 0.333. The minimum Gasteiger partial charge on any atom is -0.484 e. The van der Waals surface area contributed by atoms with E-state index in [-0.39, 0.29) is 18.4 Å². The van der Waals surface area contributed by atoms with Crippen LogP contribution in [0.2, 0.25) is 0 Å². The number of carbonyl (C=O) groups is 2. The highest BCUT2D eigenvalue weighted by Crippen LogP contribution is 2.25. The van der Waals surface area contributed by atoms with Gasteiger partial charge in [-0.25, -0.2) is 0 Å². The molecule has 0 aliphatic carbocycles. The number of rotatable bonds is 6. The number of carbonyl (C=O) groups excluding carboxylic acids is 2. The van der Waals surface area contributed by atoms with E-state index in [0.717, 1.165) is 29.8 Å².